The van der Waals surface area contributed by atoms with Gasteiger partial charge in [0, 0.05) is 20.1 Å². The second-order valence-corrected chi connectivity index (χ2v) is 7.52. The van der Waals surface area contributed by atoms with Gasteiger partial charge in [-0.25, -0.2) is 0 Å². The van der Waals surface area contributed by atoms with Gasteiger partial charge < -0.3 is 15.0 Å². The predicted molar refractivity (Wildman–Crippen MR) is 107 cm³/mol. The van der Waals surface area contributed by atoms with Crippen LogP contribution in [-0.2, 0) is 16.1 Å². The van der Waals surface area contributed by atoms with Crippen LogP contribution in [0.5, 0.6) is 0 Å². The van der Waals surface area contributed by atoms with Crippen LogP contribution in [0.2, 0.25) is 0 Å². The van der Waals surface area contributed by atoms with E-state index in [9.17, 15) is 4.79 Å². The predicted octanol–water partition coefficient (Wildman–Crippen LogP) is 0.777. The van der Waals surface area contributed by atoms with Crippen LogP contribution in [0.15, 0.2) is 35.5 Å². The summed E-state index contributed by atoms with van der Waals surface area (Å²) < 4.78 is 7.10. The third-order valence-electron chi connectivity index (χ3n) is 4.31. The highest BCUT2D eigenvalue weighted by Gasteiger charge is 2.25. The molecule has 0 spiro atoms. The van der Waals surface area contributed by atoms with Crippen molar-refractivity contribution in [2.45, 2.75) is 31.1 Å². The van der Waals surface area contributed by atoms with Gasteiger partial charge in [-0.1, -0.05) is 49.0 Å². The minimum Gasteiger partial charge on any atom is -0.383 e. The summed E-state index contributed by atoms with van der Waals surface area (Å²) >= 11 is 1.42. The molecule has 2 N–H and O–H groups in total. The average Bonchev–Trinajstić information content (AvgIpc) is 3.04. The summed E-state index contributed by atoms with van der Waals surface area (Å²) in [5, 5.41) is 12.5. The number of thioether (sulfide) groups is 1. The highest BCUT2D eigenvalue weighted by Crippen LogP contribution is 2.22. The van der Waals surface area contributed by atoms with Crippen molar-refractivity contribution < 1.29 is 14.4 Å². The van der Waals surface area contributed by atoms with Crippen LogP contribution < -0.4 is 10.2 Å². The van der Waals surface area contributed by atoms with Crippen molar-refractivity contribution in [2.75, 3.05) is 40.1 Å². The molecule has 8 heteroatoms. The van der Waals surface area contributed by atoms with Crippen LogP contribution in [0.3, 0.4) is 0 Å². The molecule has 0 bridgehead atoms. The molecule has 7 nitrogen and oxygen atoms in total. The number of methoxy groups -OCH3 is 1. The van der Waals surface area contributed by atoms with E-state index in [1.54, 1.807) is 7.11 Å². The zero-order valence-corrected chi connectivity index (χ0v) is 17.4. The Morgan fingerprint density at radius 1 is 1.30 bits per heavy atom. The second-order valence-electron chi connectivity index (χ2n) is 6.58. The summed E-state index contributed by atoms with van der Waals surface area (Å²) in [6.07, 6.45) is 0.970. The smallest absolute Gasteiger partial charge is 0.230 e. The van der Waals surface area contributed by atoms with Crippen LogP contribution in [-0.4, -0.2) is 60.8 Å². The van der Waals surface area contributed by atoms with Gasteiger partial charge in [0.2, 0.25) is 5.91 Å². The molecule has 1 amide bonds. The fourth-order valence-electron chi connectivity index (χ4n) is 2.90. The number of ether oxygens (including phenoxy) is 1. The fourth-order valence-corrected chi connectivity index (χ4v) is 3.68. The molecule has 1 atom stereocenters. The van der Waals surface area contributed by atoms with E-state index in [1.165, 1.54) is 22.2 Å². The van der Waals surface area contributed by atoms with Crippen molar-refractivity contribution in [1.82, 2.24) is 20.1 Å². The number of quaternary nitrogens is 1. The molecule has 0 fully saturated rings. The third-order valence-corrected chi connectivity index (χ3v) is 5.27. The SMILES string of the molecule is CC[C@@H](c1nnc(SCC(=O)NCCOC)n1Cc1ccccc1)[NH+](C)C. The van der Waals surface area contributed by atoms with Gasteiger partial charge in [-0.05, 0) is 5.56 Å². The topological polar surface area (TPSA) is 73.5 Å². The van der Waals surface area contributed by atoms with Gasteiger partial charge in [0.15, 0.2) is 11.0 Å². The summed E-state index contributed by atoms with van der Waals surface area (Å²) in [7, 11) is 5.88. The van der Waals surface area contributed by atoms with Gasteiger partial charge in [0.1, 0.15) is 6.04 Å². The lowest BCUT2D eigenvalue weighted by Gasteiger charge is -2.20. The Bertz CT molecular complexity index is 705. The summed E-state index contributed by atoms with van der Waals surface area (Å²) in [4.78, 5) is 13.3. The quantitative estimate of drug-likeness (QED) is 0.437. The third kappa shape index (κ3) is 6.34. The molecular weight excluding hydrogens is 362 g/mol. The van der Waals surface area contributed by atoms with Crippen molar-refractivity contribution in [3.63, 3.8) is 0 Å². The number of hydrogen-bond donors (Lipinski definition) is 2. The van der Waals surface area contributed by atoms with E-state index in [0.717, 1.165) is 17.4 Å². The lowest BCUT2D eigenvalue weighted by molar-refractivity contribution is -0.893. The minimum absolute atomic E-state index is 0.0295. The van der Waals surface area contributed by atoms with Gasteiger partial charge in [-0.2, -0.15) is 0 Å². The Morgan fingerprint density at radius 2 is 2.04 bits per heavy atom. The van der Waals surface area contributed by atoms with Gasteiger partial charge in [0.05, 0.1) is 33.0 Å². The number of carbonyl (C=O) groups is 1. The zero-order valence-electron chi connectivity index (χ0n) is 16.6. The molecule has 148 valence electrons. The summed E-state index contributed by atoms with van der Waals surface area (Å²) in [5.41, 5.74) is 1.19. The lowest BCUT2D eigenvalue weighted by atomic mass is 10.2. The molecule has 0 unspecified atom stereocenters. The molecule has 2 aromatic rings. The first-order valence-corrected chi connectivity index (χ1v) is 10.2. The van der Waals surface area contributed by atoms with Crippen LogP contribution in [0.1, 0.15) is 30.8 Å². The molecule has 27 heavy (non-hydrogen) atoms. The minimum atomic E-state index is -0.0295. The maximum absolute atomic E-state index is 12.0. The van der Waals surface area contributed by atoms with E-state index in [2.05, 4.69) is 53.2 Å². The number of amides is 1. The van der Waals surface area contributed by atoms with Crippen LogP contribution >= 0.6 is 11.8 Å². The first kappa shape index (κ1) is 21.4. The molecule has 0 aliphatic heterocycles. The van der Waals surface area contributed by atoms with Crippen LogP contribution in [0.25, 0.3) is 0 Å². The van der Waals surface area contributed by atoms with E-state index < -0.39 is 0 Å². The normalized spacial score (nSPS) is 12.3. The van der Waals surface area contributed by atoms with Crippen molar-refractivity contribution >= 4 is 17.7 Å². The largest absolute Gasteiger partial charge is 0.383 e. The van der Waals surface area contributed by atoms with E-state index >= 15 is 0 Å². The van der Waals surface area contributed by atoms with E-state index in [0.29, 0.717) is 25.4 Å². The number of aromatic nitrogens is 3. The Hall–Kier alpha value is -1.90. The Labute approximate surface area is 165 Å². The van der Waals surface area contributed by atoms with E-state index in [1.807, 2.05) is 18.2 Å². The molecule has 0 saturated carbocycles. The van der Waals surface area contributed by atoms with Gasteiger partial charge in [0.25, 0.3) is 0 Å². The highest BCUT2D eigenvalue weighted by atomic mass is 32.2. The Balaban J connectivity index is 2.18. The van der Waals surface area contributed by atoms with Crippen molar-refractivity contribution in [2.24, 2.45) is 0 Å². The van der Waals surface area contributed by atoms with Crippen molar-refractivity contribution in [3.05, 3.63) is 41.7 Å². The highest BCUT2D eigenvalue weighted by molar-refractivity contribution is 7.99. The number of nitrogens with zero attached hydrogens (tertiary/aromatic N) is 3. The number of hydrogen-bond acceptors (Lipinski definition) is 5. The van der Waals surface area contributed by atoms with Gasteiger partial charge in [-0.3, -0.25) is 9.36 Å². The zero-order chi connectivity index (χ0) is 19.6. The lowest BCUT2D eigenvalue weighted by Crippen LogP contribution is -3.06. The number of nitrogens with one attached hydrogen (secondary N) is 2. The van der Waals surface area contributed by atoms with Crippen LogP contribution in [0, 0.1) is 0 Å². The maximum Gasteiger partial charge on any atom is 0.230 e. The molecule has 1 heterocycles. The number of rotatable bonds is 11. The second kappa shape index (κ2) is 11.1. The van der Waals surface area contributed by atoms with Gasteiger partial charge in [-0.15, -0.1) is 10.2 Å². The van der Waals surface area contributed by atoms with Crippen molar-refractivity contribution in [1.29, 1.82) is 0 Å². The molecule has 0 radical (unpaired) electrons. The molecular formula is C19H30N5O2S+. The molecule has 1 aromatic heterocycles. The summed E-state index contributed by atoms with van der Waals surface area (Å²) in [6, 6.07) is 10.5. The Kier molecular flexibility index (Phi) is 8.77. The average molecular weight is 393 g/mol. The molecule has 1 aromatic carbocycles. The maximum atomic E-state index is 12.0. The molecule has 0 saturated heterocycles. The van der Waals surface area contributed by atoms with E-state index in [-0.39, 0.29) is 11.9 Å². The summed E-state index contributed by atoms with van der Waals surface area (Å²) in [5.74, 6) is 1.24. The molecule has 2 rings (SSSR count). The standard InChI is InChI=1S/C19H29N5O2S/c1-5-16(23(2)3)18-21-22-19(27-14-17(25)20-11-12-26-4)24(18)13-15-9-7-6-8-10-15/h6-10,16H,5,11-14H2,1-4H3,(H,20,25)/p+1/t16-/m0/s1. The monoisotopic (exact) mass is 392 g/mol. The first-order valence-electron chi connectivity index (χ1n) is 9.22. The van der Waals surface area contributed by atoms with Gasteiger partial charge >= 0.3 is 0 Å². The fraction of sp³-hybridized carbons (Fsp3) is 0.526. The number of benzene rings is 1. The molecule has 0 aliphatic rings. The Morgan fingerprint density at radius 3 is 2.67 bits per heavy atom. The van der Waals surface area contributed by atoms with Crippen LogP contribution in [0.4, 0.5) is 0 Å². The van der Waals surface area contributed by atoms with Crippen molar-refractivity contribution in [3.8, 4) is 0 Å². The van der Waals surface area contributed by atoms with E-state index in [4.69, 9.17) is 4.74 Å². The number of carbonyl (C=O) groups excluding carboxylic acids is 1. The molecule has 0 aliphatic carbocycles. The first-order chi connectivity index (χ1) is 13.1. The summed E-state index contributed by atoms with van der Waals surface area (Å²) in [6.45, 7) is 3.88.